The third kappa shape index (κ3) is 4.77. The highest BCUT2D eigenvalue weighted by Gasteiger charge is 2.21. The van der Waals surface area contributed by atoms with Gasteiger partial charge in [0, 0.05) is 49.9 Å². The molecule has 1 aromatic heterocycles. The van der Waals surface area contributed by atoms with E-state index >= 15 is 0 Å². The molecule has 1 aromatic carbocycles. The van der Waals surface area contributed by atoms with Crippen LogP contribution < -0.4 is 4.90 Å². The molecular formula is C24H32N2O. The van der Waals surface area contributed by atoms with E-state index in [9.17, 15) is 4.79 Å². The standard InChI is InChI=1S/C24H32N2O/c1-16-9-19-15-26(8-7-23(19)25-14-16)20-10-17(2)22(18(3)11-20)12-21(27)13-24(4,5)6/h9-11,14H,7-8,12-13,15H2,1-6H3. The average Bonchev–Trinajstić information content (AvgIpc) is 2.55. The summed E-state index contributed by atoms with van der Waals surface area (Å²) in [5, 5.41) is 0. The molecule has 2 heterocycles. The number of hydrogen-bond donors (Lipinski definition) is 0. The summed E-state index contributed by atoms with van der Waals surface area (Å²) in [7, 11) is 0. The van der Waals surface area contributed by atoms with Crippen molar-refractivity contribution in [2.45, 2.75) is 67.3 Å². The summed E-state index contributed by atoms with van der Waals surface area (Å²) in [6, 6.07) is 6.76. The molecule has 3 nitrogen and oxygen atoms in total. The molecule has 0 unspecified atom stereocenters. The van der Waals surface area contributed by atoms with Gasteiger partial charge in [0.15, 0.2) is 0 Å². The van der Waals surface area contributed by atoms with E-state index in [1.165, 1.54) is 39.2 Å². The number of aryl methyl sites for hydroxylation is 3. The fraction of sp³-hybridized carbons (Fsp3) is 0.500. The van der Waals surface area contributed by atoms with Gasteiger partial charge in [0.2, 0.25) is 0 Å². The van der Waals surface area contributed by atoms with Gasteiger partial charge >= 0.3 is 0 Å². The number of carbonyl (C=O) groups is 1. The Kier molecular flexibility index (Phi) is 5.41. The summed E-state index contributed by atoms with van der Waals surface area (Å²) in [5.41, 5.74) is 8.73. The van der Waals surface area contributed by atoms with E-state index in [0.717, 1.165) is 19.5 Å². The summed E-state index contributed by atoms with van der Waals surface area (Å²) in [5.74, 6) is 0.329. The maximum atomic E-state index is 12.5. The number of aromatic nitrogens is 1. The monoisotopic (exact) mass is 364 g/mol. The van der Waals surface area contributed by atoms with E-state index in [1.807, 2.05) is 6.20 Å². The van der Waals surface area contributed by atoms with Gasteiger partial charge in [-0.05, 0) is 66.1 Å². The molecule has 0 bridgehead atoms. The highest BCUT2D eigenvalue weighted by molar-refractivity contribution is 5.82. The Labute approximate surface area is 163 Å². The molecular weight excluding hydrogens is 332 g/mol. The first kappa shape index (κ1) is 19.6. The van der Waals surface area contributed by atoms with Gasteiger partial charge in [-0.15, -0.1) is 0 Å². The number of pyridine rings is 1. The Hall–Kier alpha value is -2.16. The van der Waals surface area contributed by atoms with E-state index in [-0.39, 0.29) is 5.41 Å². The first-order chi connectivity index (χ1) is 12.6. The largest absolute Gasteiger partial charge is 0.367 e. The first-order valence-electron chi connectivity index (χ1n) is 9.93. The highest BCUT2D eigenvalue weighted by atomic mass is 16.1. The van der Waals surface area contributed by atoms with Crippen LogP contribution in [0.2, 0.25) is 0 Å². The average molecular weight is 365 g/mol. The van der Waals surface area contributed by atoms with Crippen molar-refractivity contribution in [1.82, 2.24) is 4.98 Å². The van der Waals surface area contributed by atoms with E-state index in [1.54, 1.807) is 0 Å². The molecule has 1 aliphatic rings. The number of benzene rings is 1. The fourth-order valence-electron chi connectivity index (χ4n) is 4.05. The summed E-state index contributed by atoms with van der Waals surface area (Å²) in [4.78, 5) is 19.5. The third-order valence-electron chi connectivity index (χ3n) is 5.32. The second kappa shape index (κ2) is 7.46. The van der Waals surface area contributed by atoms with Gasteiger partial charge in [0.1, 0.15) is 5.78 Å². The topological polar surface area (TPSA) is 33.2 Å². The lowest BCUT2D eigenvalue weighted by molar-refractivity contribution is -0.120. The highest BCUT2D eigenvalue weighted by Crippen LogP contribution is 2.29. The van der Waals surface area contributed by atoms with Crippen LogP contribution in [-0.2, 0) is 24.2 Å². The maximum Gasteiger partial charge on any atom is 0.137 e. The molecule has 0 atom stereocenters. The van der Waals surface area contributed by atoms with Crippen molar-refractivity contribution in [1.29, 1.82) is 0 Å². The van der Waals surface area contributed by atoms with Gasteiger partial charge in [-0.1, -0.05) is 26.8 Å². The number of fused-ring (bicyclic) bond motifs is 1. The summed E-state index contributed by atoms with van der Waals surface area (Å²) >= 11 is 0. The molecule has 2 aromatic rings. The predicted molar refractivity (Wildman–Crippen MR) is 112 cm³/mol. The predicted octanol–water partition coefficient (Wildman–Crippen LogP) is 5.12. The molecule has 0 fully saturated rings. The zero-order chi connectivity index (χ0) is 19.8. The molecule has 0 saturated heterocycles. The Morgan fingerprint density at radius 2 is 1.78 bits per heavy atom. The minimum atomic E-state index is 0.0478. The number of carbonyl (C=O) groups excluding carboxylic acids is 1. The lowest BCUT2D eigenvalue weighted by Gasteiger charge is -2.31. The molecule has 27 heavy (non-hydrogen) atoms. The van der Waals surface area contributed by atoms with Crippen LogP contribution in [0.25, 0.3) is 0 Å². The van der Waals surface area contributed by atoms with Gasteiger partial charge in [-0.3, -0.25) is 9.78 Å². The Morgan fingerprint density at radius 3 is 2.41 bits per heavy atom. The third-order valence-corrected chi connectivity index (χ3v) is 5.32. The molecule has 0 radical (unpaired) electrons. The molecule has 0 aliphatic carbocycles. The van der Waals surface area contributed by atoms with Crippen LogP contribution in [0.1, 0.15) is 60.7 Å². The SMILES string of the molecule is Cc1cnc2c(c1)CN(c1cc(C)c(CC(=O)CC(C)(C)C)c(C)c1)CC2. The van der Waals surface area contributed by atoms with Crippen molar-refractivity contribution < 1.29 is 4.79 Å². The molecule has 0 saturated carbocycles. The van der Waals surface area contributed by atoms with Crippen molar-refractivity contribution in [3.8, 4) is 0 Å². The van der Waals surface area contributed by atoms with Crippen molar-refractivity contribution in [3.63, 3.8) is 0 Å². The summed E-state index contributed by atoms with van der Waals surface area (Å²) < 4.78 is 0. The Balaban J connectivity index is 1.80. The smallest absolute Gasteiger partial charge is 0.137 e. The Morgan fingerprint density at radius 1 is 1.11 bits per heavy atom. The zero-order valence-electron chi connectivity index (χ0n) is 17.6. The number of nitrogens with zero attached hydrogens (tertiary/aromatic N) is 2. The van der Waals surface area contributed by atoms with Crippen molar-refractivity contribution in [3.05, 3.63) is 57.9 Å². The minimum absolute atomic E-state index is 0.0478. The van der Waals surface area contributed by atoms with E-state index in [4.69, 9.17) is 0 Å². The van der Waals surface area contributed by atoms with Gasteiger partial charge in [0.25, 0.3) is 0 Å². The van der Waals surface area contributed by atoms with Gasteiger partial charge in [-0.25, -0.2) is 0 Å². The van der Waals surface area contributed by atoms with E-state index in [2.05, 4.69) is 69.6 Å². The fourth-order valence-corrected chi connectivity index (χ4v) is 4.05. The second-order valence-electron chi connectivity index (χ2n) is 9.30. The number of anilines is 1. The van der Waals surface area contributed by atoms with Crippen LogP contribution in [0.3, 0.4) is 0 Å². The molecule has 3 rings (SSSR count). The van der Waals surface area contributed by atoms with E-state index < -0.39 is 0 Å². The number of Topliss-reactive ketones (excluding diaryl/α,β-unsaturated/α-hetero) is 1. The van der Waals surface area contributed by atoms with Crippen LogP contribution in [0.4, 0.5) is 5.69 Å². The van der Waals surface area contributed by atoms with E-state index in [0.29, 0.717) is 18.6 Å². The maximum absolute atomic E-state index is 12.5. The number of ketones is 1. The van der Waals surface area contributed by atoms with Crippen molar-refractivity contribution in [2.75, 3.05) is 11.4 Å². The first-order valence-corrected chi connectivity index (χ1v) is 9.93. The van der Waals surface area contributed by atoms with Gasteiger partial charge in [-0.2, -0.15) is 0 Å². The van der Waals surface area contributed by atoms with Crippen LogP contribution in [0.15, 0.2) is 24.4 Å². The molecule has 3 heteroatoms. The molecule has 0 N–H and O–H groups in total. The summed E-state index contributed by atoms with van der Waals surface area (Å²) in [6.07, 6.45) is 4.12. The second-order valence-corrected chi connectivity index (χ2v) is 9.30. The molecule has 1 aliphatic heterocycles. The number of rotatable bonds is 4. The van der Waals surface area contributed by atoms with Crippen molar-refractivity contribution in [2.24, 2.45) is 5.41 Å². The number of hydrogen-bond acceptors (Lipinski definition) is 3. The molecule has 0 amide bonds. The Bertz CT molecular complexity index is 838. The minimum Gasteiger partial charge on any atom is -0.367 e. The lowest BCUT2D eigenvalue weighted by Crippen LogP contribution is -2.31. The normalized spacial score (nSPS) is 14.2. The van der Waals surface area contributed by atoms with Crippen LogP contribution in [0, 0.1) is 26.2 Å². The van der Waals surface area contributed by atoms with Crippen molar-refractivity contribution >= 4 is 11.5 Å². The quantitative estimate of drug-likeness (QED) is 0.755. The zero-order valence-corrected chi connectivity index (χ0v) is 17.6. The molecule has 144 valence electrons. The van der Waals surface area contributed by atoms with Gasteiger partial charge < -0.3 is 4.90 Å². The van der Waals surface area contributed by atoms with Crippen LogP contribution in [-0.4, -0.2) is 17.3 Å². The van der Waals surface area contributed by atoms with Gasteiger partial charge in [0.05, 0.1) is 0 Å². The van der Waals surface area contributed by atoms with Crippen LogP contribution >= 0.6 is 0 Å². The molecule has 0 spiro atoms. The lowest BCUT2D eigenvalue weighted by atomic mass is 9.86. The van der Waals surface area contributed by atoms with Crippen LogP contribution in [0.5, 0.6) is 0 Å². The summed E-state index contributed by atoms with van der Waals surface area (Å²) in [6.45, 7) is 14.6.